The maximum atomic E-state index is 14.8. The predicted octanol–water partition coefficient (Wildman–Crippen LogP) is 5.56. The van der Waals surface area contributed by atoms with Gasteiger partial charge in [-0.2, -0.15) is 0 Å². The summed E-state index contributed by atoms with van der Waals surface area (Å²) in [5.41, 5.74) is 10.1. The highest BCUT2D eigenvalue weighted by Gasteiger charge is 2.22. The van der Waals surface area contributed by atoms with Crippen LogP contribution in [0.25, 0.3) is 11.1 Å². The van der Waals surface area contributed by atoms with Crippen LogP contribution in [0.1, 0.15) is 36.5 Å². The molecular formula is C31H40ClFN2O4. The Morgan fingerprint density at radius 2 is 1.77 bits per heavy atom. The second-order valence-electron chi connectivity index (χ2n) is 9.48. The number of likely N-dealkylation sites (N-methyl/N-ethyl adjacent to an activating group) is 1. The zero-order chi connectivity index (χ0) is 27.5. The van der Waals surface area contributed by atoms with Gasteiger partial charge in [0, 0.05) is 50.9 Å². The van der Waals surface area contributed by atoms with Gasteiger partial charge in [-0.15, -0.1) is 12.4 Å². The molecule has 0 fully saturated rings. The highest BCUT2D eigenvalue weighted by Crippen LogP contribution is 2.35. The van der Waals surface area contributed by atoms with Gasteiger partial charge in [0.2, 0.25) is 5.91 Å². The molecule has 0 saturated carbocycles. The Bertz CT molecular complexity index is 1190. The Hall–Kier alpha value is -3.13. The van der Waals surface area contributed by atoms with Gasteiger partial charge in [0.15, 0.2) is 0 Å². The van der Waals surface area contributed by atoms with Crippen molar-refractivity contribution in [2.75, 3.05) is 33.9 Å². The minimum Gasteiger partial charge on any atom is -0.508 e. The third-order valence-electron chi connectivity index (χ3n) is 6.70. The van der Waals surface area contributed by atoms with Crippen LogP contribution in [-0.2, 0) is 28.8 Å². The van der Waals surface area contributed by atoms with Crippen molar-refractivity contribution in [2.45, 2.75) is 45.1 Å². The molecule has 6 nitrogen and oxygen atoms in total. The Morgan fingerprint density at radius 1 is 1.05 bits per heavy atom. The lowest BCUT2D eigenvalue weighted by Crippen LogP contribution is -2.44. The number of halogens is 2. The first kappa shape index (κ1) is 32.1. The van der Waals surface area contributed by atoms with Gasteiger partial charge in [0.25, 0.3) is 0 Å². The van der Waals surface area contributed by atoms with Crippen LogP contribution in [0.5, 0.6) is 11.5 Å². The Balaban J connectivity index is 0.00000533. The van der Waals surface area contributed by atoms with Crippen LogP contribution in [0.15, 0.2) is 60.7 Å². The van der Waals surface area contributed by atoms with Crippen LogP contribution in [-0.4, -0.2) is 55.9 Å². The Morgan fingerprint density at radius 3 is 2.41 bits per heavy atom. The minimum atomic E-state index is -0.319. The number of methoxy groups -OCH3 is 1. The second-order valence-corrected chi connectivity index (χ2v) is 9.48. The molecule has 1 amide bonds. The van der Waals surface area contributed by atoms with E-state index in [9.17, 15) is 14.3 Å². The molecule has 0 aromatic heterocycles. The molecule has 39 heavy (non-hydrogen) atoms. The topological polar surface area (TPSA) is 85.0 Å². The van der Waals surface area contributed by atoms with E-state index in [4.69, 9.17) is 15.2 Å². The lowest BCUT2D eigenvalue weighted by molar-refractivity contribution is -0.131. The van der Waals surface area contributed by atoms with Crippen molar-refractivity contribution in [3.05, 3.63) is 83.2 Å². The molecule has 3 rings (SSSR count). The molecule has 0 aliphatic heterocycles. The van der Waals surface area contributed by atoms with Crippen molar-refractivity contribution in [2.24, 2.45) is 5.73 Å². The van der Waals surface area contributed by atoms with Crippen LogP contribution < -0.4 is 10.5 Å². The molecule has 0 aliphatic carbocycles. The summed E-state index contributed by atoms with van der Waals surface area (Å²) in [5.74, 6) is 0.377. The van der Waals surface area contributed by atoms with E-state index in [2.05, 4.69) is 6.92 Å². The molecule has 1 atom stereocenters. The summed E-state index contributed by atoms with van der Waals surface area (Å²) in [6.07, 6.45) is 3.10. The molecule has 3 aromatic carbocycles. The van der Waals surface area contributed by atoms with Crippen LogP contribution in [0.3, 0.4) is 0 Å². The van der Waals surface area contributed by atoms with Crippen LogP contribution >= 0.6 is 12.4 Å². The lowest BCUT2D eigenvalue weighted by atomic mass is 9.93. The fourth-order valence-corrected chi connectivity index (χ4v) is 4.50. The van der Waals surface area contributed by atoms with E-state index < -0.39 is 0 Å². The number of rotatable bonds is 14. The molecule has 0 spiro atoms. The van der Waals surface area contributed by atoms with Crippen LogP contribution in [0.4, 0.5) is 4.39 Å². The fourth-order valence-electron chi connectivity index (χ4n) is 4.50. The summed E-state index contributed by atoms with van der Waals surface area (Å²) in [5, 5.41) is 9.56. The summed E-state index contributed by atoms with van der Waals surface area (Å²) in [7, 11) is 3.41. The van der Waals surface area contributed by atoms with Crippen molar-refractivity contribution >= 4 is 18.3 Å². The van der Waals surface area contributed by atoms with Crippen molar-refractivity contribution in [1.29, 1.82) is 0 Å². The molecule has 0 radical (unpaired) electrons. The van der Waals surface area contributed by atoms with E-state index in [1.165, 1.54) is 6.07 Å². The van der Waals surface area contributed by atoms with Crippen LogP contribution in [0, 0.1) is 5.82 Å². The minimum absolute atomic E-state index is 0. The number of benzene rings is 3. The van der Waals surface area contributed by atoms with Gasteiger partial charge in [0.05, 0.1) is 13.0 Å². The molecule has 0 aliphatic rings. The molecule has 0 bridgehead atoms. The zero-order valence-electron chi connectivity index (χ0n) is 23.0. The highest BCUT2D eigenvalue weighted by molar-refractivity contribution is 5.85. The average Bonchev–Trinajstić information content (AvgIpc) is 2.92. The van der Waals surface area contributed by atoms with Crippen molar-refractivity contribution in [1.82, 2.24) is 4.90 Å². The normalized spacial score (nSPS) is 11.5. The molecule has 3 aromatic rings. The van der Waals surface area contributed by atoms with E-state index in [1.54, 1.807) is 49.4 Å². The number of nitrogens with zero attached hydrogens (tertiary/aromatic N) is 1. The maximum absolute atomic E-state index is 14.8. The number of hydrogen-bond donors (Lipinski definition) is 2. The largest absolute Gasteiger partial charge is 0.508 e. The highest BCUT2D eigenvalue weighted by atomic mass is 35.5. The van der Waals surface area contributed by atoms with Gasteiger partial charge in [0.1, 0.15) is 17.3 Å². The number of phenolic OH excluding ortho intramolecular Hbond substituents is 1. The number of carbonyl (C=O) groups excluding carboxylic acids is 1. The standard InChI is InChI=1S/C31H39FN2O4.ClH/c1-4-8-23-18-28(27-9-5-6-10-29(27)32)30(38-16-7-15-37-3)19-24(23)20-31(36)34(2)25(21-33)17-22-11-13-26(35)14-12-22;/h5-6,9-14,18-19,25,35H,4,7-8,15-17,20-21,33H2,1-3H3;1H/t25-;/m1./s1. The lowest BCUT2D eigenvalue weighted by Gasteiger charge is -2.28. The van der Waals surface area contributed by atoms with E-state index >= 15 is 0 Å². The summed E-state index contributed by atoms with van der Waals surface area (Å²) in [4.78, 5) is 15.1. The number of ether oxygens (including phenoxy) is 2. The quantitative estimate of drug-likeness (QED) is 0.253. The molecule has 0 unspecified atom stereocenters. The monoisotopic (exact) mass is 558 g/mol. The van der Waals surface area contributed by atoms with E-state index in [-0.39, 0.29) is 42.3 Å². The van der Waals surface area contributed by atoms with Gasteiger partial charge in [-0.25, -0.2) is 4.39 Å². The first-order valence-electron chi connectivity index (χ1n) is 13.1. The Labute approximate surface area is 237 Å². The number of aryl methyl sites for hydroxylation is 1. The summed E-state index contributed by atoms with van der Waals surface area (Å²) < 4.78 is 26.0. The number of carbonyl (C=O) groups is 1. The van der Waals surface area contributed by atoms with E-state index in [0.29, 0.717) is 49.5 Å². The molecule has 212 valence electrons. The molecule has 3 N–H and O–H groups in total. The summed E-state index contributed by atoms with van der Waals surface area (Å²) >= 11 is 0. The number of aromatic hydroxyl groups is 1. The van der Waals surface area contributed by atoms with Gasteiger partial charge < -0.3 is 25.2 Å². The van der Waals surface area contributed by atoms with Crippen molar-refractivity contribution < 1.29 is 23.8 Å². The fraction of sp³-hybridized carbons (Fsp3) is 0.387. The molecular weight excluding hydrogens is 519 g/mol. The van der Waals surface area contributed by atoms with Gasteiger partial charge in [-0.3, -0.25) is 4.79 Å². The van der Waals surface area contributed by atoms with Gasteiger partial charge in [-0.05, 0) is 59.9 Å². The molecule has 0 heterocycles. The number of amides is 1. The number of hydrogen-bond acceptors (Lipinski definition) is 5. The maximum Gasteiger partial charge on any atom is 0.227 e. The molecule has 0 saturated heterocycles. The summed E-state index contributed by atoms with van der Waals surface area (Å²) in [6, 6.07) is 17.3. The number of nitrogens with two attached hydrogens (primary N) is 1. The molecule has 8 heteroatoms. The van der Waals surface area contributed by atoms with E-state index in [0.717, 1.165) is 29.5 Å². The SMILES string of the molecule is CCCc1cc(-c2ccccc2F)c(OCCCOC)cc1CC(=O)N(C)[C@@H](CN)Cc1ccc(O)cc1.Cl. The zero-order valence-corrected chi connectivity index (χ0v) is 23.8. The summed E-state index contributed by atoms with van der Waals surface area (Å²) in [6.45, 7) is 3.36. The third kappa shape index (κ3) is 8.95. The van der Waals surface area contributed by atoms with Crippen molar-refractivity contribution in [3.63, 3.8) is 0 Å². The van der Waals surface area contributed by atoms with Crippen LogP contribution in [0.2, 0.25) is 0 Å². The smallest absolute Gasteiger partial charge is 0.227 e. The van der Waals surface area contributed by atoms with Crippen molar-refractivity contribution in [3.8, 4) is 22.6 Å². The first-order chi connectivity index (χ1) is 18.4. The van der Waals surface area contributed by atoms with Gasteiger partial charge in [-0.1, -0.05) is 43.7 Å². The van der Waals surface area contributed by atoms with Gasteiger partial charge >= 0.3 is 0 Å². The second kappa shape index (κ2) is 16.1. The van der Waals surface area contributed by atoms with E-state index in [1.807, 2.05) is 24.3 Å². The average molecular weight is 559 g/mol. The first-order valence-corrected chi connectivity index (χ1v) is 13.1. The number of phenols is 1. The third-order valence-corrected chi connectivity index (χ3v) is 6.70. The Kier molecular flexibility index (Phi) is 13.2. The predicted molar refractivity (Wildman–Crippen MR) is 156 cm³/mol.